The van der Waals surface area contributed by atoms with E-state index in [0.717, 1.165) is 49.5 Å². The molecule has 2 amide bonds. The van der Waals surface area contributed by atoms with Crippen molar-refractivity contribution < 1.29 is 14.7 Å². The molecule has 0 bridgehead atoms. The maximum atomic E-state index is 12.8. The maximum absolute atomic E-state index is 12.8. The minimum Gasteiger partial charge on any atom is -0.465 e. The number of carbonyl (C=O) groups is 2. The van der Waals surface area contributed by atoms with Gasteiger partial charge in [-0.05, 0) is 61.4 Å². The lowest BCUT2D eigenvalue weighted by Gasteiger charge is -2.39. The van der Waals surface area contributed by atoms with Gasteiger partial charge in [0.05, 0.1) is 11.7 Å². The van der Waals surface area contributed by atoms with E-state index in [2.05, 4.69) is 26.2 Å². The van der Waals surface area contributed by atoms with Crippen LogP contribution in [0.3, 0.4) is 0 Å². The van der Waals surface area contributed by atoms with Crippen LogP contribution in [0.15, 0.2) is 72.9 Å². The zero-order valence-electron chi connectivity index (χ0n) is 21.5. The highest BCUT2D eigenvalue weighted by Gasteiger charge is 2.27. The van der Waals surface area contributed by atoms with Gasteiger partial charge in [0.1, 0.15) is 0 Å². The van der Waals surface area contributed by atoms with Gasteiger partial charge in [0.2, 0.25) is 0 Å². The van der Waals surface area contributed by atoms with Crippen LogP contribution in [0.2, 0.25) is 0 Å². The molecule has 3 aromatic rings. The van der Waals surface area contributed by atoms with E-state index >= 15 is 0 Å². The molecule has 37 heavy (non-hydrogen) atoms. The van der Waals surface area contributed by atoms with Crippen LogP contribution in [0.5, 0.6) is 0 Å². The van der Waals surface area contributed by atoms with Gasteiger partial charge in [-0.15, -0.1) is 0 Å². The SMILES string of the molecule is CCN(CC)C(=O)c1ccc(C(c2cccc(NC(=O)O)c2)N2CCN(Cc3ccccn3)CC2)cc1. The van der Waals surface area contributed by atoms with Gasteiger partial charge in [-0.1, -0.05) is 30.3 Å². The first-order chi connectivity index (χ1) is 18.0. The van der Waals surface area contributed by atoms with Crippen LogP contribution in [0.1, 0.15) is 47.1 Å². The molecule has 8 heteroatoms. The molecule has 1 fully saturated rings. The average molecular weight is 502 g/mol. The van der Waals surface area contributed by atoms with Crippen LogP contribution in [0.25, 0.3) is 0 Å². The number of anilines is 1. The molecule has 194 valence electrons. The van der Waals surface area contributed by atoms with E-state index in [9.17, 15) is 14.7 Å². The number of hydrogen-bond acceptors (Lipinski definition) is 5. The van der Waals surface area contributed by atoms with Crippen molar-refractivity contribution in [3.8, 4) is 0 Å². The summed E-state index contributed by atoms with van der Waals surface area (Å²) in [7, 11) is 0. The molecule has 1 unspecified atom stereocenters. The van der Waals surface area contributed by atoms with Crippen LogP contribution < -0.4 is 5.32 Å². The number of carbonyl (C=O) groups excluding carboxylic acids is 1. The van der Waals surface area contributed by atoms with E-state index in [1.807, 2.05) is 79.5 Å². The monoisotopic (exact) mass is 501 g/mol. The zero-order valence-corrected chi connectivity index (χ0v) is 21.5. The molecule has 2 aromatic carbocycles. The van der Waals surface area contributed by atoms with E-state index in [1.165, 1.54) is 0 Å². The smallest absolute Gasteiger partial charge is 0.409 e. The largest absolute Gasteiger partial charge is 0.465 e. The molecular formula is C29H35N5O3. The van der Waals surface area contributed by atoms with Crippen molar-refractivity contribution in [3.05, 3.63) is 95.3 Å². The Balaban J connectivity index is 1.57. The number of nitrogens with one attached hydrogen (secondary N) is 1. The number of pyridine rings is 1. The summed E-state index contributed by atoms with van der Waals surface area (Å²) in [5.41, 5.74) is 4.35. The number of carboxylic acid groups (broad SMARTS) is 1. The molecule has 1 atom stereocenters. The standard InChI is InChI=1S/C29H35N5O3/c1-3-33(4-2)28(35)23-13-11-22(12-14-23)27(24-8-7-10-25(20-24)31-29(36)37)34-18-16-32(17-19-34)21-26-9-5-6-15-30-26/h5-15,20,27,31H,3-4,16-19,21H2,1-2H3,(H,36,37). The van der Waals surface area contributed by atoms with Crippen molar-refractivity contribution in [2.24, 2.45) is 0 Å². The fraction of sp³-hybridized carbons (Fsp3) is 0.345. The van der Waals surface area contributed by atoms with Crippen molar-refractivity contribution in [2.75, 3.05) is 44.6 Å². The summed E-state index contributed by atoms with van der Waals surface area (Å²) in [4.78, 5) is 35.2. The fourth-order valence-electron chi connectivity index (χ4n) is 4.93. The van der Waals surface area contributed by atoms with Gasteiger partial charge in [-0.3, -0.25) is 24.9 Å². The van der Waals surface area contributed by atoms with Crippen LogP contribution in [-0.4, -0.2) is 76.1 Å². The van der Waals surface area contributed by atoms with E-state index in [0.29, 0.717) is 24.3 Å². The Bertz CT molecular complexity index is 1170. The van der Waals surface area contributed by atoms with Gasteiger partial charge in [0.15, 0.2) is 0 Å². The van der Waals surface area contributed by atoms with E-state index < -0.39 is 6.09 Å². The molecule has 4 rings (SSSR count). The summed E-state index contributed by atoms with van der Waals surface area (Å²) in [6.07, 6.45) is 0.741. The second-order valence-electron chi connectivity index (χ2n) is 9.19. The third-order valence-corrected chi connectivity index (χ3v) is 6.86. The molecule has 0 aliphatic carbocycles. The number of benzene rings is 2. The van der Waals surface area contributed by atoms with Crippen molar-refractivity contribution in [2.45, 2.75) is 26.4 Å². The maximum Gasteiger partial charge on any atom is 0.409 e. The number of rotatable bonds is 9. The summed E-state index contributed by atoms with van der Waals surface area (Å²) < 4.78 is 0. The molecular weight excluding hydrogens is 466 g/mol. The van der Waals surface area contributed by atoms with E-state index in [4.69, 9.17) is 0 Å². The highest BCUT2D eigenvalue weighted by Crippen LogP contribution is 2.31. The number of piperazine rings is 1. The molecule has 1 aliphatic heterocycles. The third-order valence-electron chi connectivity index (χ3n) is 6.86. The van der Waals surface area contributed by atoms with Crippen molar-refractivity contribution in [3.63, 3.8) is 0 Å². The van der Waals surface area contributed by atoms with Crippen LogP contribution in [0, 0.1) is 0 Å². The molecule has 8 nitrogen and oxygen atoms in total. The third kappa shape index (κ3) is 6.72. The second-order valence-corrected chi connectivity index (χ2v) is 9.19. The zero-order chi connectivity index (χ0) is 26.2. The predicted octanol–water partition coefficient (Wildman–Crippen LogP) is 4.56. The lowest BCUT2D eigenvalue weighted by Crippen LogP contribution is -2.47. The summed E-state index contributed by atoms with van der Waals surface area (Å²) in [6, 6.07) is 21.4. The number of aromatic nitrogens is 1. The molecule has 0 saturated carbocycles. The first-order valence-corrected chi connectivity index (χ1v) is 12.8. The van der Waals surface area contributed by atoms with Crippen molar-refractivity contribution in [1.29, 1.82) is 0 Å². The minimum atomic E-state index is -1.09. The first kappa shape index (κ1) is 26.3. The van der Waals surface area contributed by atoms with Crippen LogP contribution in [0.4, 0.5) is 10.5 Å². The summed E-state index contributed by atoms with van der Waals surface area (Å²) in [6.45, 7) is 9.64. The van der Waals surface area contributed by atoms with E-state index in [1.54, 1.807) is 6.07 Å². The lowest BCUT2D eigenvalue weighted by atomic mass is 9.95. The topological polar surface area (TPSA) is 89.0 Å². The number of amides is 2. The Morgan fingerprint density at radius 1 is 0.946 bits per heavy atom. The van der Waals surface area contributed by atoms with Crippen molar-refractivity contribution >= 4 is 17.7 Å². The van der Waals surface area contributed by atoms with Gasteiger partial charge in [0.25, 0.3) is 5.91 Å². The van der Waals surface area contributed by atoms with Crippen LogP contribution in [-0.2, 0) is 6.54 Å². The van der Waals surface area contributed by atoms with Gasteiger partial charge < -0.3 is 10.0 Å². The Hall–Kier alpha value is -3.75. The Morgan fingerprint density at radius 3 is 2.30 bits per heavy atom. The first-order valence-electron chi connectivity index (χ1n) is 12.8. The summed E-state index contributed by atoms with van der Waals surface area (Å²) in [5.74, 6) is 0.0314. The number of hydrogen-bond donors (Lipinski definition) is 2. The Labute approximate surface area is 218 Å². The molecule has 0 spiro atoms. The average Bonchev–Trinajstić information content (AvgIpc) is 2.91. The van der Waals surface area contributed by atoms with E-state index in [-0.39, 0.29) is 11.9 Å². The van der Waals surface area contributed by atoms with Gasteiger partial charge in [-0.2, -0.15) is 0 Å². The van der Waals surface area contributed by atoms with Gasteiger partial charge in [0, 0.05) is 63.3 Å². The van der Waals surface area contributed by atoms with Crippen molar-refractivity contribution in [1.82, 2.24) is 19.7 Å². The fourth-order valence-corrected chi connectivity index (χ4v) is 4.93. The Morgan fingerprint density at radius 2 is 1.68 bits per heavy atom. The lowest BCUT2D eigenvalue weighted by molar-refractivity contribution is 0.0772. The molecule has 1 saturated heterocycles. The molecule has 1 aromatic heterocycles. The minimum absolute atomic E-state index is 0.0314. The normalized spacial score (nSPS) is 15.2. The molecule has 0 radical (unpaired) electrons. The summed E-state index contributed by atoms with van der Waals surface area (Å²) >= 11 is 0. The van der Waals surface area contributed by atoms with Gasteiger partial charge >= 0.3 is 6.09 Å². The quantitative estimate of drug-likeness (QED) is 0.447. The highest BCUT2D eigenvalue weighted by atomic mass is 16.4. The Kier molecular flexibility index (Phi) is 8.87. The predicted molar refractivity (Wildman–Crippen MR) is 145 cm³/mol. The highest BCUT2D eigenvalue weighted by molar-refractivity contribution is 5.94. The van der Waals surface area contributed by atoms with Crippen LogP contribution >= 0.6 is 0 Å². The summed E-state index contributed by atoms with van der Waals surface area (Å²) in [5, 5.41) is 11.7. The molecule has 2 heterocycles. The molecule has 2 N–H and O–H groups in total. The number of nitrogens with zero attached hydrogens (tertiary/aromatic N) is 4. The molecule has 1 aliphatic rings. The van der Waals surface area contributed by atoms with Gasteiger partial charge in [-0.25, -0.2) is 4.79 Å². The second kappa shape index (κ2) is 12.5.